The summed E-state index contributed by atoms with van der Waals surface area (Å²) in [4.78, 5) is 22.6. The molecule has 1 fully saturated rings. The number of halogens is 3. The van der Waals surface area contributed by atoms with Crippen LogP contribution in [0.1, 0.15) is 41.4 Å². The van der Waals surface area contributed by atoms with Gasteiger partial charge in [-0.05, 0) is 37.4 Å². The molecule has 0 spiro atoms. The highest BCUT2D eigenvalue weighted by Gasteiger charge is 2.35. The highest BCUT2D eigenvalue weighted by molar-refractivity contribution is 6.76. The molecule has 0 N–H and O–H groups in total. The molecule has 0 atom stereocenters. The van der Waals surface area contributed by atoms with E-state index in [1.54, 1.807) is 38.4 Å². The van der Waals surface area contributed by atoms with Gasteiger partial charge in [-0.3, -0.25) is 0 Å². The van der Waals surface area contributed by atoms with Crippen molar-refractivity contribution in [2.45, 2.75) is 70.9 Å². The number of hydrogen-bond donors (Lipinski definition) is 0. The van der Waals surface area contributed by atoms with Crippen LogP contribution in [0.5, 0.6) is 11.8 Å². The Hall–Kier alpha value is -4.30. The monoisotopic (exact) mass is 665 g/mol. The second-order valence-corrected chi connectivity index (χ2v) is 18.7. The molecule has 248 valence electrons. The molecule has 4 aromatic heterocycles. The summed E-state index contributed by atoms with van der Waals surface area (Å²) < 4.78 is 61.1. The first kappa shape index (κ1) is 32.6. The van der Waals surface area contributed by atoms with Gasteiger partial charge in [-0.15, -0.1) is 0 Å². The largest absolute Gasteiger partial charge is 0.480 e. The Morgan fingerprint density at radius 1 is 1.00 bits per heavy atom. The lowest BCUT2D eigenvalue weighted by atomic mass is 10.1. The zero-order valence-electron chi connectivity index (χ0n) is 27.4. The van der Waals surface area contributed by atoms with E-state index in [1.165, 1.54) is 10.9 Å². The van der Waals surface area contributed by atoms with E-state index in [1.807, 2.05) is 17.6 Å². The predicted molar refractivity (Wildman–Crippen MR) is 174 cm³/mol. The summed E-state index contributed by atoms with van der Waals surface area (Å²) >= 11 is 0. The maximum absolute atomic E-state index is 13.2. The van der Waals surface area contributed by atoms with Gasteiger partial charge < -0.3 is 23.3 Å². The van der Waals surface area contributed by atoms with Crippen LogP contribution in [-0.4, -0.2) is 55.8 Å². The number of nitrogens with zero attached hydrogens (tertiary/aromatic N) is 7. The molecule has 1 aliphatic carbocycles. The first-order valence-electron chi connectivity index (χ1n) is 15.5. The van der Waals surface area contributed by atoms with Crippen LogP contribution in [0.3, 0.4) is 0 Å². The van der Waals surface area contributed by atoms with Gasteiger partial charge in [0.15, 0.2) is 11.5 Å². The molecule has 0 radical (unpaired) electrons. The van der Waals surface area contributed by atoms with Crippen LogP contribution in [-0.2, 0) is 31.3 Å². The van der Waals surface area contributed by atoms with Crippen LogP contribution in [0.4, 0.5) is 13.2 Å². The second-order valence-electron chi connectivity index (χ2n) is 13.1. The van der Waals surface area contributed by atoms with Crippen molar-refractivity contribution in [3.63, 3.8) is 0 Å². The van der Waals surface area contributed by atoms with Crippen LogP contribution in [0.15, 0.2) is 42.9 Å². The number of alkyl halides is 3. The van der Waals surface area contributed by atoms with Crippen molar-refractivity contribution in [2.75, 3.05) is 13.7 Å². The number of rotatable bonds is 12. The second kappa shape index (κ2) is 12.7. The number of hydrogen-bond acceptors (Lipinski definition) is 8. The van der Waals surface area contributed by atoms with Crippen molar-refractivity contribution >= 4 is 19.1 Å². The third kappa shape index (κ3) is 7.17. The van der Waals surface area contributed by atoms with Crippen molar-refractivity contribution in [3.8, 4) is 34.5 Å². The van der Waals surface area contributed by atoms with Crippen molar-refractivity contribution in [1.82, 2.24) is 34.1 Å². The van der Waals surface area contributed by atoms with E-state index in [9.17, 15) is 13.2 Å². The smallest absolute Gasteiger partial charge is 0.434 e. The lowest BCUT2D eigenvalue weighted by Crippen LogP contribution is -2.22. The van der Waals surface area contributed by atoms with E-state index >= 15 is 0 Å². The molecule has 10 nitrogen and oxygen atoms in total. The van der Waals surface area contributed by atoms with Crippen molar-refractivity contribution in [3.05, 3.63) is 65.5 Å². The highest BCUT2D eigenvalue weighted by atomic mass is 28.3. The molecule has 47 heavy (non-hydrogen) atoms. The van der Waals surface area contributed by atoms with E-state index in [0.29, 0.717) is 47.7 Å². The predicted octanol–water partition coefficient (Wildman–Crippen LogP) is 7.39. The van der Waals surface area contributed by atoms with E-state index < -0.39 is 19.9 Å². The molecule has 14 heteroatoms. The SMILES string of the molecule is COc1ncnc(C2CC2)c1-c1nc(OCc2ccc(-c3nc(C(F)(F)F)cn3C)cc2)c2cc(C)n(COCC[Si](C)(C)C)c2n1. The van der Waals surface area contributed by atoms with E-state index in [-0.39, 0.29) is 18.3 Å². The fraction of sp³-hybridized carbons (Fsp3) is 0.424. The normalized spacial score (nSPS) is 13.8. The molecule has 0 aliphatic heterocycles. The number of benzene rings is 1. The third-order valence-electron chi connectivity index (χ3n) is 8.12. The zero-order valence-corrected chi connectivity index (χ0v) is 28.4. The van der Waals surface area contributed by atoms with Crippen molar-refractivity contribution in [2.24, 2.45) is 7.05 Å². The number of imidazole rings is 1. The molecule has 1 aliphatic rings. The molecule has 0 saturated heterocycles. The van der Waals surface area contributed by atoms with Crippen molar-refractivity contribution < 1.29 is 27.4 Å². The molecule has 5 aromatic rings. The minimum Gasteiger partial charge on any atom is -0.480 e. The summed E-state index contributed by atoms with van der Waals surface area (Å²) in [6.07, 6.45) is 0.00900. The summed E-state index contributed by atoms with van der Waals surface area (Å²) in [6, 6.07) is 10.1. The first-order valence-corrected chi connectivity index (χ1v) is 19.2. The standard InChI is InChI=1S/C33H38F3N7O3Si/c1-20-15-24-30(43(20)19-45-13-14-47(4,5)6)40-28(26-27(22-11-12-22)37-18-38-32(26)44-3)41-31(24)46-17-21-7-9-23(10-8-21)29-39-25(16-42(29)2)33(34,35)36/h7-10,15-16,18,22H,11-14,17,19H2,1-6H3. The summed E-state index contributed by atoms with van der Waals surface area (Å²) in [6.45, 7) is 10.1. The quantitative estimate of drug-likeness (QED) is 0.100. The van der Waals surface area contributed by atoms with Gasteiger partial charge >= 0.3 is 6.18 Å². The molecule has 0 bridgehead atoms. The average Bonchev–Trinajstić information content (AvgIpc) is 3.72. The summed E-state index contributed by atoms with van der Waals surface area (Å²) in [5.74, 6) is 1.69. The Morgan fingerprint density at radius 2 is 1.74 bits per heavy atom. The number of fused-ring (bicyclic) bond motifs is 1. The van der Waals surface area contributed by atoms with Crippen LogP contribution >= 0.6 is 0 Å². The molecule has 0 amide bonds. The fourth-order valence-corrected chi connectivity index (χ4v) is 6.09. The Balaban J connectivity index is 1.33. The fourth-order valence-electron chi connectivity index (χ4n) is 5.33. The summed E-state index contributed by atoms with van der Waals surface area (Å²) in [7, 11) is 1.84. The van der Waals surface area contributed by atoms with E-state index in [4.69, 9.17) is 24.2 Å². The Morgan fingerprint density at radius 3 is 2.38 bits per heavy atom. The maximum Gasteiger partial charge on any atom is 0.434 e. The zero-order chi connectivity index (χ0) is 33.5. The van der Waals surface area contributed by atoms with Crippen LogP contribution in [0.25, 0.3) is 33.8 Å². The number of ether oxygens (including phenoxy) is 3. The number of aryl methyl sites for hydroxylation is 2. The lowest BCUT2D eigenvalue weighted by molar-refractivity contribution is -0.140. The first-order chi connectivity index (χ1) is 22.3. The van der Waals surface area contributed by atoms with Crippen LogP contribution in [0.2, 0.25) is 25.7 Å². The molecule has 0 unspecified atom stereocenters. The lowest BCUT2D eigenvalue weighted by Gasteiger charge is -2.16. The van der Waals surface area contributed by atoms with Gasteiger partial charge in [-0.25, -0.2) is 19.9 Å². The van der Waals surface area contributed by atoms with Gasteiger partial charge in [0.25, 0.3) is 0 Å². The van der Waals surface area contributed by atoms with Gasteiger partial charge in [0.2, 0.25) is 11.8 Å². The van der Waals surface area contributed by atoms with Gasteiger partial charge in [0.05, 0.1) is 18.2 Å². The number of aromatic nitrogens is 7. The van der Waals surface area contributed by atoms with Crippen molar-refractivity contribution in [1.29, 1.82) is 0 Å². The molecule has 6 rings (SSSR count). The van der Waals surface area contributed by atoms with Crippen LogP contribution in [0, 0.1) is 6.92 Å². The Kier molecular flexibility index (Phi) is 8.83. The third-order valence-corrected chi connectivity index (χ3v) is 9.82. The van der Waals surface area contributed by atoms with Gasteiger partial charge in [0.1, 0.15) is 36.7 Å². The molecular formula is C33H38F3N7O3Si. The minimum atomic E-state index is -4.52. The molecule has 1 aromatic carbocycles. The minimum absolute atomic E-state index is 0.162. The average molecular weight is 666 g/mol. The Bertz CT molecular complexity index is 1900. The van der Waals surface area contributed by atoms with E-state index in [2.05, 4.69) is 34.6 Å². The summed E-state index contributed by atoms with van der Waals surface area (Å²) in [5.41, 5.74) is 3.53. The number of methoxy groups -OCH3 is 1. The topological polar surface area (TPSA) is 102 Å². The van der Waals surface area contributed by atoms with E-state index in [0.717, 1.165) is 47.4 Å². The molecule has 1 saturated carbocycles. The summed E-state index contributed by atoms with van der Waals surface area (Å²) in [5, 5.41) is 0.730. The maximum atomic E-state index is 13.2. The van der Waals surface area contributed by atoms with Gasteiger partial charge in [-0.1, -0.05) is 43.9 Å². The highest BCUT2D eigenvalue weighted by Crippen LogP contribution is 2.45. The van der Waals surface area contributed by atoms with Gasteiger partial charge in [-0.2, -0.15) is 18.2 Å². The Labute approximate surface area is 272 Å². The van der Waals surface area contributed by atoms with Crippen LogP contribution < -0.4 is 9.47 Å². The van der Waals surface area contributed by atoms with Gasteiger partial charge in [0, 0.05) is 45.1 Å². The molecule has 4 heterocycles. The molecular weight excluding hydrogens is 627 g/mol.